The maximum absolute atomic E-state index is 14.3. The first kappa shape index (κ1) is 18.6. The molecule has 1 N–H and O–H groups in total. The number of benzene rings is 1. The van der Waals surface area contributed by atoms with Gasteiger partial charge < -0.3 is 10.1 Å². The van der Waals surface area contributed by atoms with Crippen molar-refractivity contribution in [2.75, 3.05) is 5.32 Å². The van der Waals surface area contributed by atoms with Gasteiger partial charge in [-0.3, -0.25) is 4.98 Å². The molecule has 0 spiro atoms. The van der Waals surface area contributed by atoms with Crippen LogP contribution in [-0.2, 0) is 12.7 Å². The summed E-state index contributed by atoms with van der Waals surface area (Å²) in [4.78, 5) is 11.0. The van der Waals surface area contributed by atoms with Crippen LogP contribution in [0.5, 0.6) is 11.5 Å². The van der Waals surface area contributed by atoms with Gasteiger partial charge in [0.2, 0.25) is 0 Å². The maximum atomic E-state index is 14.3. The van der Waals surface area contributed by atoms with E-state index in [1.807, 2.05) is 0 Å². The van der Waals surface area contributed by atoms with Crippen LogP contribution in [-0.4, -0.2) is 24.6 Å². The molecule has 0 aliphatic carbocycles. The number of alkyl halides is 3. The molecule has 4 rings (SSSR count). The Morgan fingerprint density at radius 2 is 2.00 bits per heavy atom. The van der Waals surface area contributed by atoms with Crippen LogP contribution < -0.4 is 10.1 Å². The third-order valence-corrected chi connectivity index (χ3v) is 3.87. The summed E-state index contributed by atoms with van der Waals surface area (Å²) in [6.45, 7) is 0.0420. The predicted octanol–water partition coefficient (Wildman–Crippen LogP) is 4.08. The quantitative estimate of drug-likeness (QED) is 0.505. The maximum Gasteiger partial charge on any atom is 0.433 e. The molecule has 0 aliphatic heterocycles. The molecule has 29 heavy (non-hydrogen) atoms. The number of aromatic nitrogens is 5. The predicted molar refractivity (Wildman–Crippen MR) is 93.8 cm³/mol. The van der Waals surface area contributed by atoms with E-state index < -0.39 is 17.7 Å². The van der Waals surface area contributed by atoms with Crippen molar-refractivity contribution in [3.8, 4) is 11.5 Å². The molecular formula is C18H12F4N6O. The Morgan fingerprint density at radius 3 is 2.72 bits per heavy atom. The fourth-order valence-electron chi connectivity index (χ4n) is 2.55. The van der Waals surface area contributed by atoms with E-state index in [9.17, 15) is 17.6 Å². The molecule has 0 saturated carbocycles. The zero-order chi connectivity index (χ0) is 20.4. The second-order valence-electron chi connectivity index (χ2n) is 5.91. The molecule has 0 unspecified atom stereocenters. The normalized spacial score (nSPS) is 11.6. The number of nitrogens with one attached hydrogen (secondary N) is 1. The fraction of sp³-hybridized carbons (Fsp3) is 0.111. The van der Waals surface area contributed by atoms with Crippen LogP contribution in [0.3, 0.4) is 0 Å². The summed E-state index contributed by atoms with van der Waals surface area (Å²) in [6.07, 6.45) is -0.535. The minimum Gasteiger partial charge on any atom is -0.453 e. The van der Waals surface area contributed by atoms with Crippen LogP contribution in [0.1, 0.15) is 11.3 Å². The molecule has 0 fully saturated rings. The molecule has 3 aromatic heterocycles. The van der Waals surface area contributed by atoms with Crippen molar-refractivity contribution in [2.45, 2.75) is 12.7 Å². The number of nitrogens with zero attached hydrogens (tertiary/aromatic N) is 5. The van der Waals surface area contributed by atoms with E-state index in [2.05, 4.69) is 25.4 Å². The fourth-order valence-corrected chi connectivity index (χ4v) is 2.55. The van der Waals surface area contributed by atoms with Gasteiger partial charge in [0.25, 0.3) is 5.78 Å². The van der Waals surface area contributed by atoms with Crippen molar-refractivity contribution in [3.63, 3.8) is 0 Å². The Morgan fingerprint density at radius 1 is 1.14 bits per heavy atom. The van der Waals surface area contributed by atoms with E-state index >= 15 is 0 Å². The molecule has 11 heteroatoms. The van der Waals surface area contributed by atoms with Gasteiger partial charge >= 0.3 is 6.18 Å². The van der Waals surface area contributed by atoms with Crippen molar-refractivity contribution >= 4 is 11.6 Å². The van der Waals surface area contributed by atoms with Gasteiger partial charge in [0.05, 0.1) is 6.20 Å². The topological polar surface area (TPSA) is 77.2 Å². The molecule has 7 nitrogen and oxygen atoms in total. The molecular weight excluding hydrogens is 392 g/mol. The van der Waals surface area contributed by atoms with Gasteiger partial charge in [-0.1, -0.05) is 6.07 Å². The highest BCUT2D eigenvalue weighted by molar-refractivity contribution is 5.46. The van der Waals surface area contributed by atoms with E-state index in [0.717, 1.165) is 16.9 Å². The first-order valence-electron chi connectivity index (χ1n) is 8.28. The highest BCUT2D eigenvalue weighted by atomic mass is 19.4. The summed E-state index contributed by atoms with van der Waals surface area (Å²) in [5, 5.41) is 6.65. The van der Waals surface area contributed by atoms with Gasteiger partial charge in [0.1, 0.15) is 17.9 Å². The highest BCUT2D eigenvalue weighted by Crippen LogP contribution is 2.30. The van der Waals surface area contributed by atoms with Crippen LogP contribution in [0.25, 0.3) is 5.78 Å². The number of hydrogen-bond acceptors (Lipinski definition) is 6. The standard InChI is InChI=1S/C18H12F4N6O/c19-13-6-11(3-4-14(13)29-12-2-1-5-23-9-12)8-24-16-7-15(18(20,21)22)27-17-25-10-26-28(16)17/h1-7,9-10,24H,8H2. The Labute approximate surface area is 161 Å². The lowest BCUT2D eigenvalue weighted by atomic mass is 10.2. The molecule has 0 aliphatic rings. The summed E-state index contributed by atoms with van der Waals surface area (Å²) in [5.74, 6) is -0.416. The zero-order valence-corrected chi connectivity index (χ0v) is 14.6. The van der Waals surface area contributed by atoms with E-state index in [4.69, 9.17) is 4.74 Å². The molecule has 0 saturated heterocycles. The Kier molecular flexibility index (Phi) is 4.71. The molecule has 0 bridgehead atoms. The molecule has 0 atom stereocenters. The van der Waals surface area contributed by atoms with E-state index in [1.165, 1.54) is 18.3 Å². The van der Waals surface area contributed by atoms with Crippen LogP contribution >= 0.6 is 0 Å². The second kappa shape index (κ2) is 7.34. The van der Waals surface area contributed by atoms with Gasteiger partial charge in [-0.05, 0) is 29.8 Å². The number of anilines is 1. The minimum atomic E-state index is -4.64. The van der Waals surface area contributed by atoms with E-state index in [1.54, 1.807) is 24.4 Å². The lowest BCUT2D eigenvalue weighted by Gasteiger charge is -2.12. The molecule has 3 heterocycles. The SMILES string of the molecule is Fc1cc(CNc2cc(C(F)(F)F)nc3ncnn23)ccc1Oc1cccnc1. The number of fused-ring (bicyclic) bond motifs is 1. The highest BCUT2D eigenvalue weighted by Gasteiger charge is 2.34. The average molecular weight is 404 g/mol. The van der Waals surface area contributed by atoms with Crippen molar-refractivity contribution in [3.05, 3.63) is 72.2 Å². The van der Waals surface area contributed by atoms with Crippen molar-refractivity contribution in [1.29, 1.82) is 0 Å². The lowest BCUT2D eigenvalue weighted by molar-refractivity contribution is -0.141. The first-order chi connectivity index (χ1) is 13.9. The number of ether oxygens (including phenoxy) is 1. The summed E-state index contributed by atoms with van der Waals surface area (Å²) < 4.78 is 59.9. The van der Waals surface area contributed by atoms with Crippen LogP contribution in [0.2, 0.25) is 0 Å². The average Bonchev–Trinajstić information content (AvgIpc) is 3.17. The molecule has 1 aromatic carbocycles. The third-order valence-electron chi connectivity index (χ3n) is 3.87. The van der Waals surface area contributed by atoms with Gasteiger partial charge in [-0.25, -0.2) is 9.37 Å². The monoisotopic (exact) mass is 404 g/mol. The minimum absolute atomic E-state index is 0.00341. The number of hydrogen-bond donors (Lipinski definition) is 1. The van der Waals surface area contributed by atoms with Crippen LogP contribution in [0.4, 0.5) is 23.4 Å². The summed E-state index contributed by atoms with van der Waals surface area (Å²) in [7, 11) is 0. The molecule has 4 aromatic rings. The van der Waals surface area contributed by atoms with Gasteiger partial charge in [-0.2, -0.15) is 27.8 Å². The molecule has 0 radical (unpaired) electrons. The summed E-state index contributed by atoms with van der Waals surface area (Å²) in [5.41, 5.74) is -0.619. The number of pyridine rings is 1. The zero-order valence-electron chi connectivity index (χ0n) is 14.6. The Bertz CT molecular complexity index is 1150. The smallest absolute Gasteiger partial charge is 0.433 e. The molecule has 0 amide bonds. The van der Waals surface area contributed by atoms with Crippen molar-refractivity contribution in [1.82, 2.24) is 24.6 Å². The third kappa shape index (κ3) is 4.08. The summed E-state index contributed by atoms with van der Waals surface area (Å²) in [6, 6.07) is 8.35. The summed E-state index contributed by atoms with van der Waals surface area (Å²) >= 11 is 0. The second-order valence-corrected chi connectivity index (χ2v) is 5.91. The van der Waals surface area contributed by atoms with E-state index in [-0.39, 0.29) is 23.9 Å². The Hall–Kier alpha value is -3.76. The van der Waals surface area contributed by atoms with Gasteiger partial charge in [0.15, 0.2) is 17.3 Å². The lowest BCUT2D eigenvalue weighted by Crippen LogP contribution is -2.13. The number of rotatable bonds is 5. The van der Waals surface area contributed by atoms with Gasteiger partial charge in [0, 0.05) is 18.8 Å². The van der Waals surface area contributed by atoms with Gasteiger partial charge in [-0.15, -0.1) is 0 Å². The van der Waals surface area contributed by atoms with Crippen LogP contribution in [0.15, 0.2) is 55.1 Å². The molecule has 148 valence electrons. The van der Waals surface area contributed by atoms with Crippen molar-refractivity contribution < 1.29 is 22.3 Å². The Balaban J connectivity index is 1.53. The first-order valence-corrected chi connectivity index (χ1v) is 8.28. The van der Waals surface area contributed by atoms with E-state index in [0.29, 0.717) is 11.3 Å². The number of halogens is 4. The largest absolute Gasteiger partial charge is 0.453 e. The van der Waals surface area contributed by atoms with Crippen LogP contribution in [0, 0.1) is 5.82 Å². The van der Waals surface area contributed by atoms with Crippen molar-refractivity contribution in [2.24, 2.45) is 0 Å².